The molecule has 0 aromatic heterocycles. The van der Waals surface area contributed by atoms with E-state index in [0.717, 1.165) is 37.3 Å². The Morgan fingerprint density at radius 3 is 2.39 bits per heavy atom. The maximum atomic E-state index is 10.6. The van der Waals surface area contributed by atoms with Crippen LogP contribution in [0.3, 0.4) is 0 Å². The second-order valence-corrected chi connectivity index (χ2v) is 7.66. The second-order valence-electron chi connectivity index (χ2n) is 7.66. The highest BCUT2D eigenvalue weighted by Gasteiger charge is 2.22. The van der Waals surface area contributed by atoms with Gasteiger partial charge in [0, 0.05) is 26.2 Å². The monoisotopic (exact) mass is 431 g/mol. The van der Waals surface area contributed by atoms with Gasteiger partial charge in [-0.25, -0.2) is 0 Å². The molecule has 0 spiro atoms. The standard InChI is InChI=1S/C24H33NO6/c1-27-20-7-9-21(10-8-20)31-17-19(26)15-25(16-22-5-4-12-30-22)14-18-6-11-23(28-2)24(13-18)29-3/h6-11,13,19,22,26H,4-5,12,14-17H2,1-3H3/t19-,22-/m1/s1. The van der Waals surface area contributed by atoms with Gasteiger partial charge < -0.3 is 28.8 Å². The molecule has 1 fully saturated rings. The summed E-state index contributed by atoms with van der Waals surface area (Å²) in [7, 11) is 4.88. The van der Waals surface area contributed by atoms with E-state index in [1.165, 1.54) is 0 Å². The van der Waals surface area contributed by atoms with E-state index in [1.54, 1.807) is 21.3 Å². The molecule has 1 aliphatic rings. The van der Waals surface area contributed by atoms with Crippen LogP contribution in [0.4, 0.5) is 0 Å². The number of benzene rings is 2. The first-order valence-electron chi connectivity index (χ1n) is 10.6. The molecule has 7 nitrogen and oxygen atoms in total. The molecule has 0 bridgehead atoms. The molecule has 1 heterocycles. The van der Waals surface area contributed by atoms with Crippen LogP contribution in [0.15, 0.2) is 42.5 Å². The minimum atomic E-state index is -0.636. The Morgan fingerprint density at radius 2 is 1.74 bits per heavy atom. The maximum Gasteiger partial charge on any atom is 0.161 e. The molecule has 170 valence electrons. The van der Waals surface area contributed by atoms with Crippen molar-refractivity contribution >= 4 is 0 Å². The molecule has 3 rings (SSSR count). The molecular formula is C24H33NO6. The van der Waals surface area contributed by atoms with Crippen LogP contribution >= 0.6 is 0 Å². The Hall–Kier alpha value is -2.48. The lowest BCUT2D eigenvalue weighted by Crippen LogP contribution is -2.39. The minimum Gasteiger partial charge on any atom is -0.497 e. The van der Waals surface area contributed by atoms with Crippen molar-refractivity contribution in [2.75, 3.05) is 47.6 Å². The number of methoxy groups -OCH3 is 3. The van der Waals surface area contributed by atoms with E-state index in [-0.39, 0.29) is 12.7 Å². The fourth-order valence-electron chi connectivity index (χ4n) is 3.73. The van der Waals surface area contributed by atoms with Crippen molar-refractivity contribution in [1.82, 2.24) is 4.90 Å². The van der Waals surface area contributed by atoms with Crippen molar-refractivity contribution in [2.45, 2.75) is 31.6 Å². The average Bonchev–Trinajstić information content (AvgIpc) is 3.31. The van der Waals surface area contributed by atoms with E-state index in [4.69, 9.17) is 23.7 Å². The number of rotatable bonds is 12. The van der Waals surface area contributed by atoms with Gasteiger partial charge in [0.2, 0.25) is 0 Å². The first kappa shape index (κ1) is 23.2. The van der Waals surface area contributed by atoms with Gasteiger partial charge in [-0.1, -0.05) is 6.07 Å². The number of aliphatic hydroxyl groups is 1. The summed E-state index contributed by atoms with van der Waals surface area (Å²) in [5.74, 6) is 2.86. The third-order valence-electron chi connectivity index (χ3n) is 5.31. The molecular weight excluding hydrogens is 398 g/mol. The van der Waals surface area contributed by atoms with Crippen molar-refractivity contribution in [3.8, 4) is 23.0 Å². The van der Waals surface area contributed by atoms with E-state index in [0.29, 0.717) is 30.3 Å². The number of aliphatic hydroxyl groups excluding tert-OH is 1. The fourth-order valence-corrected chi connectivity index (χ4v) is 3.73. The SMILES string of the molecule is COc1ccc(OC[C@H](O)CN(Cc2ccc(OC)c(OC)c2)C[C@H]2CCCO2)cc1. The zero-order valence-electron chi connectivity index (χ0n) is 18.6. The number of hydrogen-bond donors (Lipinski definition) is 1. The number of hydrogen-bond acceptors (Lipinski definition) is 7. The van der Waals surface area contributed by atoms with Crippen LogP contribution in [0.2, 0.25) is 0 Å². The highest BCUT2D eigenvalue weighted by atomic mass is 16.5. The van der Waals surface area contributed by atoms with Crippen LogP contribution in [0.5, 0.6) is 23.0 Å². The van der Waals surface area contributed by atoms with Crippen LogP contribution in [-0.4, -0.2) is 69.8 Å². The summed E-state index contributed by atoms with van der Waals surface area (Å²) in [4.78, 5) is 2.21. The molecule has 31 heavy (non-hydrogen) atoms. The lowest BCUT2D eigenvalue weighted by molar-refractivity contribution is 0.0313. The molecule has 1 saturated heterocycles. The van der Waals surface area contributed by atoms with Crippen LogP contribution in [0.25, 0.3) is 0 Å². The lowest BCUT2D eigenvalue weighted by atomic mass is 10.1. The zero-order chi connectivity index (χ0) is 22.1. The largest absolute Gasteiger partial charge is 0.497 e. The molecule has 1 aliphatic heterocycles. The van der Waals surface area contributed by atoms with Gasteiger partial charge in [-0.3, -0.25) is 4.90 Å². The Kier molecular flexibility index (Phi) is 8.82. The van der Waals surface area contributed by atoms with Gasteiger partial charge >= 0.3 is 0 Å². The smallest absolute Gasteiger partial charge is 0.161 e. The van der Waals surface area contributed by atoms with E-state index in [1.807, 2.05) is 42.5 Å². The summed E-state index contributed by atoms with van der Waals surface area (Å²) >= 11 is 0. The first-order chi connectivity index (χ1) is 15.1. The van der Waals surface area contributed by atoms with Gasteiger partial charge in [0.15, 0.2) is 11.5 Å². The van der Waals surface area contributed by atoms with Gasteiger partial charge in [0.05, 0.1) is 27.4 Å². The third-order valence-corrected chi connectivity index (χ3v) is 5.31. The average molecular weight is 432 g/mol. The van der Waals surface area contributed by atoms with Crippen molar-refractivity contribution in [3.05, 3.63) is 48.0 Å². The highest BCUT2D eigenvalue weighted by molar-refractivity contribution is 5.42. The quantitative estimate of drug-likeness (QED) is 0.554. The van der Waals surface area contributed by atoms with E-state index in [9.17, 15) is 5.11 Å². The first-order valence-corrected chi connectivity index (χ1v) is 10.6. The number of ether oxygens (including phenoxy) is 5. The van der Waals surface area contributed by atoms with E-state index in [2.05, 4.69) is 4.90 Å². The Balaban J connectivity index is 1.60. The molecule has 0 radical (unpaired) electrons. The van der Waals surface area contributed by atoms with Gasteiger partial charge in [0.25, 0.3) is 0 Å². The van der Waals surface area contributed by atoms with Crippen molar-refractivity contribution < 1.29 is 28.8 Å². The summed E-state index contributed by atoms with van der Waals surface area (Å²) in [6, 6.07) is 13.2. The predicted octanol–water partition coefficient (Wildman–Crippen LogP) is 3.13. The highest BCUT2D eigenvalue weighted by Crippen LogP contribution is 2.28. The molecule has 7 heteroatoms. The molecule has 2 atom stereocenters. The molecule has 0 aliphatic carbocycles. The fraction of sp³-hybridized carbons (Fsp3) is 0.500. The molecule has 2 aromatic rings. The van der Waals surface area contributed by atoms with E-state index < -0.39 is 6.10 Å². The molecule has 0 saturated carbocycles. The second kappa shape index (κ2) is 11.8. The summed E-state index contributed by atoms with van der Waals surface area (Å²) in [5.41, 5.74) is 1.08. The van der Waals surface area contributed by atoms with Gasteiger partial charge in [-0.2, -0.15) is 0 Å². The molecule has 2 aromatic carbocycles. The lowest BCUT2D eigenvalue weighted by Gasteiger charge is -2.27. The molecule has 1 N–H and O–H groups in total. The van der Waals surface area contributed by atoms with Crippen LogP contribution in [-0.2, 0) is 11.3 Å². The summed E-state index contributed by atoms with van der Waals surface area (Å²) in [6.07, 6.45) is 1.68. The molecule has 0 unspecified atom stereocenters. The number of nitrogens with zero attached hydrogens (tertiary/aromatic N) is 1. The zero-order valence-corrected chi connectivity index (χ0v) is 18.6. The van der Waals surface area contributed by atoms with E-state index >= 15 is 0 Å². The van der Waals surface area contributed by atoms with Crippen LogP contribution in [0.1, 0.15) is 18.4 Å². The maximum absolute atomic E-state index is 10.6. The van der Waals surface area contributed by atoms with Gasteiger partial charge in [0.1, 0.15) is 24.2 Å². The summed E-state index contributed by atoms with van der Waals surface area (Å²) in [6.45, 7) is 2.91. The van der Waals surface area contributed by atoms with Crippen LogP contribution < -0.4 is 18.9 Å². The Morgan fingerprint density at radius 1 is 1.00 bits per heavy atom. The summed E-state index contributed by atoms with van der Waals surface area (Å²) < 4.78 is 27.5. The predicted molar refractivity (Wildman–Crippen MR) is 118 cm³/mol. The molecule has 0 amide bonds. The normalized spacial score (nSPS) is 16.9. The van der Waals surface area contributed by atoms with Crippen molar-refractivity contribution in [3.63, 3.8) is 0 Å². The topological polar surface area (TPSA) is 69.6 Å². The third kappa shape index (κ3) is 7.02. The minimum absolute atomic E-state index is 0.190. The summed E-state index contributed by atoms with van der Waals surface area (Å²) in [5, 5.41) is 10.6. The van der Waals surface area contributed by atoms with Crippen LogP contribution in [0, 0.1) is 0 Å². The van der Waals surface area contributed by atoms with Crippen molar-refractivity contribution in [2.24, 2.45) is 0 Å². The Labute approximate surface area is 184 Å². The Bertz CT molecular complexity index is 791. The van der Waals surface area contributed by atoms with Crippen molar-refractivity contribution in [1.29, 1.82) is 0 Å². The van der Waals surface area contributed by atoms with Gasteiger partial charge in [-0.15, -0.1) is 0 Å². The van der Waals surface area contributed by atoms with Gasteiger partial charge in [-0.05, 0) is 54.8 Å².